The van der Waals surface area contributed by atoms with Gasteiger partial charge in [0.1, 0.15) is 17.5 Å². The summed E-state index contributed by atoms with van der Waals surface area (Å²) >= 11 is 0. The van der Waals surface area contributed by atoms with Gasteiger partial charge in [0.15, 0.2) is 6.61 Å². The van der Waals surface area contributed by atoms with Crippen LogP contribution in [-0.4, -0.2) is 42.5 Å². The topological polar surface area (TPSA) is 67.9 Å². The lowest BCUT2D eigenvalue weighted by Gasteiger charge is -2.30. The number of hydrogen-bond donors (Lipinski definition) is 1. The van der Waals surface area contributed by atoms with E-state index >= 15 is 0 Å². The van der Waals surface area contributed by atoms with Crippen LogP contribution in [0.1, 0.15) is 63.5 Å². The van der Waals surface area contributed by atoms with Gasteiger partial charge in [0, 0.05) is 12.6 Å². The molecule has 0 bridgehead atoms. The van der Waals surface area contributed by atoms with Crippen LogP contribution in [0.15, 0.2) is 48.5 Å². The second-order valence-corrected chi connectivity index (χ2v) is 9.02. The maximum absolute atomic E-state index is 13.3. The van der Waals surface area contributed by atoms with Gasteiger partial charge in [0.25, 0.3) is 5.91 Å². The molecule has 0 spiro atoms. The first kappa shape index (κ1) is 24.6. The number of amides is 2. The predicted molar refractivity (Wildman–Crippen MR) is 129 cm³/mol. The van der Waals surface area contributed by atoms with Gasteiger partial charge in [-0.15, -0.1) is 0 Å². The molecule has 3 rings (SSSR count). The highest BCUT2D eigenvalue weighted by atomic mass is 16.5. The third kappa shape index (κ3) is 6.73. The molecule has 0 unspecified atom stereocenters. The average Bonchev–Trinajstić information content (AvgIpc) is 3.33. The van der Waals surface area contributed by atoms with E-state index in [2.05, 4.69) is 19.2 Å². The number of rotatable bonds is 10. The highest BCUT2D eigenvalue weighted by molar-refractivity contribution is 5.88. The van der Waals surface area contributed by atoms with E-state index in [4.69, 9.17) is 9.47 Å². The fraction of sp³-hybridized carbons (Fsp3) is 0.481. The maximum Gasteiger partial charge on any atom is 0.261 e. The van der Waals surface area contributed by atoms with Crippen molar-refractivity contribution < 1.29 is 19.1 Å². The zero-order chi connectivity index (χ0) is 23.8. The second-order valence-electron chi connectivity index (χ2n) is 9.02. The predicted octanol–water partition coefficient (Wildman–Crippen LogP) is 4.67. The molecule has 6 heteroatoms. The lowest BCUT2D eigenvalue weighted by molar-refractivity contribution is -0.142. The number of para-hydroxylation sites is 1. The van der Waals surface area contributed by atoms with Crippen molar-refractivity contribution in [3.8, 4) is 11.5 Å². The number of ether oxygens (including phenoxy) is 2. The van der Waals surface area contributed by atoms with Gasteiger partial charge in [-0.25, -0.2) is 0 Å². The van der Waals surface area contributed by atoms with E-state index in [9.17, 15) is 9.59 Å². The van der Waals surface area contributed by atoms with E-state index in [0.29, 0.717) is 18.0 Å². The Balaban J connectivity index is 1.76. The van der Waals surface area contributed by atoms with Crippen LogP contribution in [0.2, 0.25) is 0 Å². The lowest BCUT2D eigenvalue weighted by Crippen LogP contribution is -2.50. The highest BCUT2D eigenvalue weighted by Gasteiger charge is 2.29. The van der Waals surface area contributed by atoms with Crippen molar-refractivity contribution in [3.63, 3.8) is 0 Å². The monoisotopic (exact) mass is 452 g/mol. The van der Waals surface area contributed by atoms with E-state index < -0.39 is 6.04 Å². The summed E-state index contributed by atoms with van der Waals surface area (Å²) in [5.74, 6) is 1.33. The number of methoxy groups -OCH3 is 1. The Morgan fingerprint density at radius 3 is 2.48 bits per heavy atom. The fourth-order valence-electron chi connectivity index (χ4n) is 4.25. The summed E-state index contributed by atoms with van der Waals surface area (Å²) in [6.45, 7) is 6.13. The normalized spacial score (nSPS) is 14.7. The Bertz CT molecular complexity index is 937. The molecule has 0 aromatic heterocycles. The number of hydrogen-bond acceptors (Lipinski definition) is 4. The maximum atomic E-state index is 13.3. The minimum absolute atomic E-state index is 0.124. The van der Waals surface area contributed by atoms with Crippen molar-refractivity contribution in [2.45, 2.75) is 71.0 Å². The molecule has 0 heterocycles. The summed E-state index contributed by atoms with van der Waals surface area (Å²) in [6.07, 6.45) is 4.26. The van der Waals surface area contributed by atoms with Gasteiger partial charge in [0.05, 0.1) is 7.11 Å². The van der Waals surface area contributed by atoms with Crippen LogP contribution in [0.5, 0.6) is 11.5 Å². The first-order chi connectivity index (χ1) is 15.9. The quantitative estimate of drug-likeness (QED) is 0.569. The molecule has 0 aliphatic heterocycles. The molecule has 178 valence electrons. The molecule has 0 saturated heterocycles. The van der Waals surface area contributed by atoms with Gasteiger partial charge in [-0.3, -0.25) is 9.59 Å². The summed E-state index contributed by atoms with van der Waals surface area (Å²) in [7, 11) is 1.61. The van der Waals surface area contributed by atoms with Gasteiger partial charge in [-0.2, -0.15) is 0 Å². The second kappa shape index (κ2) is 11.7. The molecule has 2 amide bonds. The summed E-state index contributed by atoms with van der Waals surface area (Å²) in [5.41, 5.74) is 1.95. The summed E-state index contributed by atoms with van der Waals surface area (Å²) < 4.78 is 11.3. The standard InChI is InChI=1S/C27H36N2O4/c1-19(2)24-14-7-8-15-25(24)33-18-26(30)29(17-21-10-9-13-23(16-21)32-4)20(3)27(31)28-22-11-5-6-12-22/h7-10,13-16,19-20,22H,5-6,11-12,17-18H2,1-4H3,(H,28,31)/t20-/m0/s1. The van der Waals surface area contributed by atoms with Crippen molar-refractivity contribution in [1.29, 1.82) is 0 Å². The van der Waals surface area contributed by atoms with E-state index in [0.717, 1.165) is 36.8 Å². The van der Waals surface area contributed by atoms with Crippen LogP contribution < -0.4 is 14.8 Å². The number of carbonyl (C=O) groups is 2. The third-order valence-electron chi connectivity index (χ3n) is 6.25. The largest absolute Gasteiger partial charge is 0.497 e. The Hall–Kier alpha value is -3.02. The van der Waals surface area contributed by atoms with Gasteiger partial charge < -0.3 is 19.7 Å². The number of benzene rings is 2. The molecular formula is C27H36N2O4. The van der Waals surface area contributed by atoms with Gasteiger partial charge in [-0.05, 0) is 55.0 Å². The number of carbonyl (C=O) groups excluding carboxylic acids is 2. The molecule has 1 N–H and O–H groups in total. The number of nitrogens with one attached hydrogen (secondary N) is 1. The first-order valence-electron chi connectivity index (χ1n) is 11.8. The summed E-state index contributed by atoms with van der Waals surface area (Å²) in [4.78, 5) is 27.9. The van der Waals surface area contributed by atoms with Crippen LogP contribution >= 0.6 is 0 Å². The molecule has 1 aliphatic carbocycles. The van der Waals surface area contributed by atoms with Crippen molar-refractivity contribution in [2.24, 2.45) is 0 Å². The van der Waals surface area contributed by atoms with E-state index in [-0.39, 0.29) is 30.4 Å². The molecule has 33 heavy (non-hydrogen) atoms. The Morgan fingerprint density at radius 1 is 1.06 bits per heavy atom. The van der Waals surface area contributed by atoms with Crippen molar-refractivity contribution in [1.82, 2.24) is 10.2 Å². The Morgan fingerprint density at radius 2 is 1.79 bits per heavy atom. The van der Waals surface area contributed by atoms with Crippen LogP contribution in [0.4, 0.5) is 0 Å². The zero-order valence-electron chi connectivity index (χ0n) is 20.2. The number of nitrogens with zero attached hydrogens (tertiary/aromatic N) is 1. The Labute approximate surface area is 197 Å². The van der Waals surface area contributed by atoms with Crippen molar-refractivity contribution in [2.75, 3.05) is 13.7 Å². The van der Waals surface area contributed by atoms with Crippen molar-refractivity contribution >= 4 is 11.8 Å². The molecule has 1 aliphatic rings. The molecule has 6 nitrogen and oxygen atoms in total. The lowest BCUT2D eigenvalue weighted by atomic mass is 10.0. The molecule has 1 atom stereocenters. The minimum Gasteiger partial charge on any atom is -0.497 e. The molecule has 1 saturated carbocycles. The SMILES string of the molecule is COc1cccc(CN(C(=O)COc2ccccc2C(C)C)[C@@H](C)C(=O)NC2CCCC2)c1. The van der Waals surface area contributed by atoms with Crippen LogP contribution in [0.25, 0.3) is 0 Å². The van der Waals surface area contributed by atoms with Crippen LogP contribution in [0, 0.1) is 0 Å². The average molecular weight is 453 g/mol. The van der Waals surface area contributed by atoms with Crippen molar-refractivity contribution in [3.05, 3.63) is 59.7 Å². The first-order valence-corrected chi connectivity index (χ1v) is 11.8. The molecule has 2 aromatic carbocycles. The molecule has 0 radical (unpaired) electrons. The van der Waals surface area contributed by atoms with Crippen LogP contribution in [0.3, 0.4) is 0 Å². The van der Waals surface area contributed by atoms with Gasteiger partial charge in [-0.1, -0.05) is 57.0 Å². The third-order valence-corrected chi connectivity index (χ3v) is 6.25. The fourth-order valence-corrected chi connectivity index (χ4v) is 4.25. The molecular weight excluding hydrogens is 416 g/mol. The van der Waals surface area contributed by atoms with Gasteiger partial charge in [0.2, 0.25) is 5.91 Å². The summed E-state index contributed by atoms with van der Waals surface area (Å²) in [6, 6.07) is 14.9. The van der Waals surface area contributed by atoms with Crippen LogP contribution in [-0.2, 0) is 16.1 Å². The summed E-state index contributed by atoms with van der Waals surface area (Å²) in [5, 5.41) is 3.12. The van der Waals surface area contributed by atoms with E-state index in [1.54, 1.807) is 18.9 Å². The highest BCUT2D eigenvalue weighted by Crippen LogP contribution is 2.26. The Kier molecular flexibility index (Phi) is 8.75. The minimum atomic E-state index is -0.617. The molecule has 1 fully saturated rings. The van der Waals surface area contributed by atoms with E-state index in [1.165, 1.54) is 0 Å². The molecule has 2 aromatic rings. The zero-order valence-corrected chi connectivity index (χ0v) is 20.2. The van der Waals surface area contributed by atoms with E-state index in [1.807, 2.05) is 48.5 Å². The smallest absolute Gasteiger partial charge is 0.261 e. The van der Waals surface area contributed by atoms with Gasteiger partial charge >= 0.3 is 0 Å².